The molecule has 0 aliphatic heterocycles. The van der Waals surface area contributed by atoms with Gasteiger partial charge in [-0.2, -0.15) is 11.6 Å². The molecule has 1 fully saturated rings. The first-order chi connectivity index (χ1) is 24.4. The van der Waals surface area contributed by atoms with Crippen molar-refractivity contribution >= 4 is 29.5 Å². The molecule has 5 N–H and O–H groups in total. The Hall–Kier alpha value is -3.19. The predicted octanol–water partition coefficient (Wildman–Crippen LogP) is 6.99. The quantitative estimate of drug-likeness (QED) is 0.0805. The number of carbonyl (C=O) groups excluding carboxylic acids is 1. The number of halogens is 3. The van der Waals surface area contributed by atoms with Gasteiger partial charge in [-0.15, -0.1) is 0 Å². The van der Waals surface area contributed by atoms with Crippen LogP contribution in [0.3, 0.4) is 0 Å². The number of aryl methyl sites for hydroxylation is 1. The molecule has 2 heterocycles. The number of methoxy groups -OCH3 is 1. The first-order valence-electron chi connectivity index (χ1n) is 16.7. The molecule has 12 heteroatoms. The van der Waals surface area contributed by atoms with E-state index in [2.05, 4.69) is 48.2 Å². The number of allylic oxidation sites excluding steroid dienone is 3. The maximum Gasteiger partial charge on any atom is 1.00 e. The van der Waals surface area contributed by atoms with Crippen LogP contribution in [0.1, 0.15) is 82.7 Å². The number of ether oxygens (including phenoxy) is 1. The molecule has 0 saturated heterocycles. The van der Waals surface area contributed by atoms with Crippen molar-refractivity contribution in [2.75, 3.05) is 26.0 Å². The number of nitrogens with two attached hydrogens (primary N) is 1. The minimum absolute atomic E-state index is 0. The van der Waals surface area contributed by atoms with Crippen molar-refractivity contribution in [2.24, 2.45) is 5.73 Å². The van der Waals surface area contributed by atoms with Crippen molar-refractivity contribution in [3.63, 3.8) is 0 Å². The Balaban J connectivity index is 0. The summed E-state index contributed by atoms with van der Waals surface area (Å²) in [6.07, 6.45) is 11.6. The zero-order chi connectivity index (χ0) is 38.7. The van der Waals surface area contributed by atoms with E-state index in [9.17, 15) is 8.78 Å². The van der Waals surface area contributed by atoms with Gasteiger partial charge >= 0.3 is 51.4 Å². The number of aromatic nitrogens is 2. The van der Waals surface area contributed by atoms with Crippen molar-refractivity contribution in [2.45, 2.75) is 74.1 Å². The summed E-state index contributed by atoms with van der Waals surface area (Å²) in [5, 5.41) is 14.3. The number of primary amides is 1. The second-order valence-electron chi connectivity index (χ2n) is 11.1. The Morgan fingerprint density at radius 1 is 1.17 bits per heavy atom. The van der Waals surface area contributed by atoms with Gasteiger partial charge in [-0.25, -0.2) is 33.2 Å². The molecule has 1 aromatic carbocycles. The largest absolute Gasteiger partial charge is 1.00 e. The normalized spacial score (nSPS) is 12.5. The van der Waals surface area contributed by atoms with Crippen LogP contribution < -0.4 is 67.8 Å². The molecule has 5 rings (SSSR count). The smallest absolute Gasteiger partial charge is 0.507 e. The zero-order valence-corrected chi connectivity index (χ0v) is 35.8. The van der Waals surface area contributed by atoms with E-state index in [4.69, 9.17) is 38.1 Å². The summed E-state index contributed by atoms with van der Waals surface area (Å²) in [7, 11) is 3.26. The van der Waals surface area contributed by atoms with Gasteiger partial charge in [-0.1, -0.05) is 65.3 Å². The average Bonchev–Trinajstić information content (AvgIpc) is 4.01. The number of rotatable bonds is 9. The van der Waals surface area contributed by atoms with E-state index in [1.165, 1.54) is 32.4 Å². The monoisotopic (exact) mass is 775 g/mol. The molecule has 1 amide bonds. The van der Waals surface area contributed by atoms with E-state index in [1.54, 1.807) is 25.4 Å². The molecule has 1 atom stereocenters. The molecule has 0 spiro atoms. The standard InChI is InChI=1S/C31H29ClF2N5O.C3H5.C3H8.C2H6.CH3NO.CH4.K/c1-16-10-27(39-31(18(16)3)22-13-24(32)26(34)14-25(22)33)23(20-7-8-37-29(12-20)36-5)15-38-19(4)21-9-17(2)30(35)28(11-21)40-6;1-2-3-1;1-3-2;1-2;2-1-3;;/h2,7-14,23,35,38H,4,15H2,1,3,5-6H3,(H,36,37);1H,2-3H2;3H2,1-2H3;1-2H3;1H,(H2,2,3);1H4;/q2*-1;;;;;+1. The number of anilines is 1. The van der Waals surface area contributed by atoms with Crippen molar-refractivity contribution in [3.8, 4) is 11.3 Å². The van der Waals surface area contributed by atoms with Gasteiger partial charge in [0.2, 0.25) is 6.41 Å². The Morgan fingerprint density at radius 2 is 1.75 bits per heavy atom. The second kappa shape index (κ2) is 27.4. The summed E-state index contributed by atoms with van der Waals surface area (Å²) >= 11 is 6.01. The molecule has 1 saturated carbocycles. The van der Waals surface area contributed by atoms with Crippen LogP contribution in [0, 0.1) is 43.9 Å². The van der Waals surface area contributed by atoms with Crippen molar-refractivity contribution in [3.05, 3.63) is 130 Å². The first kappa shape index (κ1) is 51.9. The van der Waals surface area contributed by atoms with Crippen LogP contribution in [-0.4, -0.2) is 42.8 Å². The molecule has 1 unspecified atom stereocenters. The topological polar surface area (TPSA) is 126 Å². The van der Waals surface area contributed by atoms with Crippen LogP contribution >= 0.6 is 11.6 Å². The van der Waals surface area contributed by atoms with Gasteiger partial charge in [-0.05, 0) is 66.6 Å². The van der Waals surface area contributed by atoms with Gasteiger partial charge < -0.3 is 32.9 Å². The van der Waals surface area contributed by atoms with Gasteiger partial charge in [0.1, 0.15) is 17.5 Å². The van der Waals surface area contributed by atoms with Crippen LogP contribution in [0.15, 0.2) is 77.9 Å². The molecule has 8 nitrogen and oxygen atoms in total. The third kappa shape index (κ3) is 16.4. The molecule has 0 radical (unpaired) electrons. The van der Waals surface area contributed by atoms with Crippen LogP contribution in [0.4, 0.5) is 14.6 Å². The maximum atomic E-state index is 14.9. The SMILES string of the molecule is C.CC.CCC.NC=O.[CH-]1CC1.[CH-]=C1C=C(C(=C)NCC(c2ccnc(NC)c2)c2cc(C)c(C)c(-c3cc(Cl)c(F)cc3F)n2)C=C(OC)C1=N.[K+]. The average molecular weight is 776 g/mol. The first-order valence-corrected chi connectivity index (χ1v) is 17.1. The van der Waals surface area contributed by atoms with E-state index >= 15 is 0 Å². The fourth-order valence-corrected chi connectivity index (χ4v) is 4.56. The van der Waals surface area contributed by atoms with Crippen molar-refractivity contribution in [1.82, 2.24) is 15.3 Å². The predicted molar refractivity (Wildman–Crippen MR) is 213 cm³/mol. The van der Waals surface area contributed by atoms with E-state index < -0.39 is 11.6 Å². The summed E-state index contributed by atoms with van der Waals surface area (Å²) < 4.78 is 34.1. The van der Waals surface area contributed by atoms with Crippen LogP contribution in [0.5, 0.6) is 0 Å². The molecular weight excluding hydrogens is 721 g/mol. The van der Waals surface area contributed by atoms with E-state index in [-0.39, 0.29) is 93.0 Å². The molecular formula is C41H55ClF2KN6O2-. The number of pyridine rings is 2. The van der Waals surface area contributed by atoms with Crippen molar-refractivity contribution < 1.29 is 69.7 Å². The molecule has 53 heavy (non-hydrogen) atoms. The summed E-state index contributed by atoms with van der Waals surface area (Å²) in [5.74, 6) is -0.893. The van der Waals surface area contributed by atoms with E-state index in [0.717, 1.165) is 22.8 Å². The minimum atomic E-state index is -0.832. The number of nitrogens with zero attached hydrogens (tertiary/aromatic N) is 2. The number of carbonyl (C=O) groups is 1. The number of hydrogen-bond acceptors (Lipinski definition) is 7. The third-order valence-corrected chi connectivity index (χ3v) is 7.42. The minimum Gasteiger partial charge on any atom is -0.507 e. The van der Waals surface area contributed by atoms with Gasteiger partial charge in [0.15, 0.2) is 0 Å². The molecule has 3 aromatic rings. The Morgan fingerprint density at radius 3 is 2.28 bits per heavy atom. The maximum absolute atomic E-state index is 14.9. The van der Waals surface area contributed by atoms with E-state index in [0.29, 0.717) is 40.8 Å². The summed E-state index contributed by atoms with van der Waals surface area (Å²) in [4.78, 5) is 17.8. The van der Waals surface area contributed by atoms with E-state index in [1.807, 2.05) is 45.9 Å². The molecule has 0 bridgehead atoms. The van der Waals surface area contributed by atoms with Gasteiger partial charge in [0.05, 0.1) is 29.3 Å². The summed E-state index contributed by atoms with van der Waals surface area (Å²) in [6, 6.07) is 7.79. The second-order valence-corrected chi connectivity index (χ2v) is 11.5. The fraction of sp³-hybridized carbons (Fsp3) is 0.341. The Kier molecular flexibility index (Phi) is 26.8. The number of nitrogens with one attached hydrogen (secondary N) is 3. The van der Waals surface area contributed by atoms with Crippen LogP contribution in [0.25, 0.3) is 11.3 Å². The molecule has 2 aromatic heterocycles. The van der Waals surface area contributed by atoms with Crippen LogP contribution in [0.2, 0.25) is 5.02 Å². The summed E-state index contributed by atoms with van der Waals surface area (Å²) in [5.41, 5.74) is 9.47. The molecule has 2 aliphatic rings. The number of amides is 1. The molecule has 2 aliphatic carbocycles. The fourth-order valence-electron chi connectivity index (χ4n) is 4.40. The zero-order valence-electron chi connectivity index (χ0n) is 31.9. The number of benzene rings is 1. The van der Waals surface area contributed by atoms with Gasteiger partial charge in [-0.3, -0.25) is 9.78 Å². The third-order valence-electron chi connectivity index (χ3n) is 7.13. The summed E-state index contributed by atoms with van der Waals surface area (Å²) in [6.45, 7) is 22.5. The van der Waals surface area contributed by atoms with Gasteiger partial charge in [0.25, 0.3) is 0 Å². The number of hydrogen-bond donors (Lipinski definition) is 4. The Bertz CT molecular complexity index is 1720. The van der Waals surface area contributed by atoms with Gasteiger partial charge in [0, 0.05) is 43.0 Å². The Labute approximate surface area is 363 Å². The molecule has 284 valence electrons. The van der Waals surface area contributed by atoms with Crippen molar-refractivity contribution in [1.29, 1.82) is 5.41 Å². The van der Waals surface area contributed by atoms with Crippen LogP contribution in [-0.2, 0) is 9.53 Å².